The van der Waals surface area contributed by atoms with Crippen LogP contribution in [0.2, 0.25) is 5.02 Å². The minimum atomic E-state index is -4.10. The lowest BCUT2D eigenvalue weighted by Gasteiger charge is -2.29. The number of carbonyl (C=O) groups is 2. The summed E-state index contributed by atoms with van der Waals surface area (Å²) in [6.07, 6.45) is -4.76. The molecule has 23 heteroatoms. The minimum absolute atomic E-state index is 0.0435. The molecule has 1 saturated carbocycles. The zero-order valence-corrected chi connectivity index (χ0v) is 32.1. The maximum Gasteiger partial charge on any atom is 0.293 e. The summed E-state index contributed by atoms with van der Waals surface area (Å²) >= 11 is 6.47. The summed E-state index contributed by atoms with van der Waals surface area (Å²) in [6.45, 7) is -0.658. The lowest BCUT2D eigenvalue weighted by atomic mass is 10.0. The Labute approximate surface area is 334 Å². The van der Waals surface area contributed by atoms with Gasteiger partial charge in [0.1, 0.15) is 41.9 Å². The van der Waals surface area contributed by atoms with Crippen molar-refractivity contribution >= 4 is 68.0 Å². The number of rotatable bonds is 14. The van der Waals surface area contributed by atoms with Crippen LogP contribution in [0.5, 0.6) is 0 Å². The number of nitrogens with zero attached hydrogens (tertiary/aromatic N) is 7. The number of hydrogen-bond acceptors (Lipinski definition) is 8. The average Bonchev–Trinajstić information content (AvgIpc) is 3.66. The van der Waals surface area contributed by atoms with Gasteiger partial charge in [-0.05, 0) is 60.7 Å². The van der Waals surface area contributed by atoms with Gasteiger partial charge < -0.3 is 5.32 Å². The monoisotopic (exact) mass is 871 g/mol. The van der Waals surface area contributed by atoms with Crippen molar-refractivity contribution < 1.29 is 53.1 Å². The lowest BCUT2D eigenvalue weighted by Crippen LogP contribution is -2.50. The summed E-state index contributed by atoms with van der Waals surface area (Å²) < 4.78 is 144. The fourth-order valence-electron chi connectivity index (χ4n) is 7.33. The van der Waals surface area contributed by atoms with Crippen LogP contribution in [0.3, 0.4) is 0 Å². The van der Waals surface area contributed by atoms with Gasteiger partial charge in [0.2, 0.25) is 22.3 Å². The molecule has 3 aromatic heterocycles. The van der Waals surface area contributed by atoms with E-state index in [2.05, 4.69) is 30.2 Å². The first-order valence-electron chi connectivity index (χ1n) is 17.5. The highest BCUT2D eigenvalue weighted by molar-refractivity contribution is 7.92. The molecule has 5 aromatic rings. The summed E-state index contributed by atoms with van der Waals surface area (Å²) in [7, 11) is -4.10. The van der Waals surface area contributed by atoms with Crippen LogP contribution in [0.15, 0.2) is 53.7 Å². The molecule has 2 aliphatic carbocycles. The molecule has 2 amide bonds. The molecule has 3 heterocycles. The molecular weight excluding hydrogens is 842 g/mol. The summed E-state index contributed by atoms with van der Waals surface area (Å²) in [6, 6.07) is 6.10. The molecule has 3 atom stereocenters. The zero-order chi connectivity index (χ0) is 42.7. The van der Waals surface area contributed by atoms with Crippen LogP contribution in [0.1, 0.15) is 46.8 Å². The van der Waals surface area contributed by atoms with E-state index in [-0.39, 0.29) is 51.4 Å². The van der Waals surface area contributed by atoms with E-state index in [1.807, 2.05) is 0 Å². The molecule has 2 aliphatic rings. The van der Waals surface area contributed by atoms with Crippen LogP contribution in [0.25, 0.3) is 10.9 Å². The van der Waals surface area contributed by atoms with Crippen molar-refractivity contribution in [1.82, 2.24) is 29.9 Å². The molecule has 1 fully saturated rings. The van der Waals surface area contributed by atoms with Gasteiger partial charge in [-0.3, -0.25) is 28.6 Å². The number of nitrogens with one attached hydrogen (secondary N) is 2. The number of hydrogen-bond donors (Lipinski definition) is 2. The largest absolute Gasteiger partial charge is 0.344 e. The maximum absolute atomic E-state index is 15.4. The fraction of sp³-hybridized carbons (Fsp3) is 0.333. The van der Waals surface area contributed by atoms with Crippen LogP contribution < -0.4 is 14.9 Å². The van der Waals surface area contributed by atoms with E-state index < -0.39 is 107 Å². The number of halogens is 9. The first-order chi connectivity index (χ1) is 27.8. The Bertz CT molecular complexity index is 2620. The van der Waals surface area contributed by atoms with Crippen molar-refractivity contribution in [2.75, 3.05) is 15.9 Å². The molecule has 7 rings (SSSR count). The number of pyridine rings is 1. The van der Waals surface area contributed by atoms with Gasteiger partial charge in [0.15, 0.2) is 11.6 Å². The van der Waals surface area contributed by atoms with E-state index in [4.69, 9.17) is 11.6 Å². The standard InChI is InChI=1S/C36H30ClF8N9O4S/c1-16-4-3-7-46-33(16)48-35(52(15-55)24-6-5-22(37)28-30(24)53(13-25(40)41)50-34(28)51-59(2,57)58)23(10-17-8-18(38)11-19(39)9-17)47-26(56)14-54-31-27(29(49-54)32(42)43)20-12-21(20)36(31,44)45/h3-9,11,15,20-21,23,25,32H,10,12-14H2,1-2H3,(H,47,56)(H,50,51)/b48-35-/t20-,21+,23-/m0/s1. The molecule has 13 nitrogen and oxygen atoms in total. The van der Waals surface area contributed by atoms with Gasteiger partial charge in [-0.1, -0.05) is 17.7 Å². The molecule has 2 N–H and O–H groups in total. The normalized spacial score (nSPS) is 17.6. The van der Waals surface area contributed by atoms with E-state index in [9.17, 15) is 44.3 Å². The van der Waals surface area contributed by atoms with Crippen LogP contribution in [-0.4, -0.2) is 69.8 Å². The number of fused-ring (bicyclic) bond motifs is 4. The quantitative estimate of drug-likeness (QED) is 0.0540. The van der Waals surface area contributed by atoms with E-state index in [0.717, 1.165) is 23.3 Å². The Morgan fingerprint density at radius 2 is 1.81 bits per heavy atom. The number of aromatic nitrogens is 5. The van der Waals surface area contributed by atoms with Crippen molar-refractivity contribution in [2.45, 2.75) is 63.6 Å². The SMILES string of the molecule is Cc1cccnc1/N=C(/[C@H](Cc1cc(F)cc(F)c1)NC(=O)Cn1nc(C(F)F)c2c1C(F)(F)[C@@H]1C[C@H]21)N(C=O)c1ccc(Cl)c2c(NS(C)(=O)=O)nn(CC(F)F)c12. The number of amides is 2. The molecule has 0 aliphatic heterocycles. The van der Waals surface area contributed by atoms with Gasteiger partial charge in [0.25, 0.3) is 18.8 Å². The maximum atomic E-state index is 15.4. The molecule has 2 aromatic carbocycles. The molecule has 0 radical (unpaired) electrons. The number of carbonyl (C=O) groups excluding carboxylic acids is 2. The number of alkyl halides is 6. The fourth-order valence-corrected chi connectivity index (χ4v) is 8.06. The van der Waals surface area contributed by atoms with Gasteiger partial charge in [-0.25, -0.2) is 44.7 Å². The molecular formula is C36H30ClF8N9O4S. The van der Waals surface area contributed by atoms with Crippen molar-refractivity contribution in [3.05, 3.63) is 93.4 Å². The number of aliphatic imine (C=N–C) groups is 1. The Morgan fingerprint density at radius 3 is 2.44 bits per heavy atom. The molecule has 0 spiro atoms. The lowest BCUT2D eigenvalue weighted by molar-refractivity contribution is -0.122. The molecule has 0 saturated heterocycles. The predicted octanol–water partition coefficient (Wildman–Crippen LogP) is 6.77. The number of benzene rings is 2. The molecule has 0 unspecified atom stereocenters. The summed E-state index contributed by atoms with van der Waals surface area (Å²) in [4.78, 5) is 36.8. The first kappa shape index (κ1) is 41.5. The molecule has 312 valence electrons. The number of amidine groups is 1. The highest BCUT2D eigenvalue weighted by Crippen LogP contribution is 2.68. The topological polar surface area (TPSA) is 156 Å². The van der Waals surface area contributed by atoms with Crippen LogP contribution in [0.4, 0.5) is 52.4 Å². The second kappa shape index (κ2) is 15.5. The van der Waals surface area contributed by atoms with Gasteiger partial charge in [0, 0.05) is 30.2 Å². The second-order valence-electron chi connectivity index (χ2n) is 14.0. The van der Waals surface area contributed by atoms with Crippen molar-refractivity contribution in [3.63, 3.8) is 0 Å². The van der Waals surface area contributed by atoms with Crippen molar-refractivity contribution in [1.29, 1.82) is 0 Å². The highest BCUT2D eigenvalue weighted by atomic mass is 35.5. The second-order valence-corrected chi connectivity index (χ2v) is 16.1. The van der Waals surface area contributed by atoms with E-state index >= 15 is 8.78 Å². The summed E-state index contributed by atoms with van der Waals surface area (Å²) in [5, 5.41) is 9.72. The number of anilines is 2. The number of aryl methyl sites for hydroxylation is 1. The van der Waals surface area contributed by atoms with Crippen LogP contribution in [-0.2, 0) is 45.0 Å². The minimum Gasteiger partial charge on any atom is -0.344 e. The molecule has 59 heavy (non-hydrogen) atoms. The molecule has 0 bridgehead atoms. The Balaban J connectivity index is 1.40. The van der Waals surface area contributed by atoms with Crippen LogP contribution >= 0.6 is 11.6 Å². The van der Waals surface area contributed by atoms with Crippen molar-refractivity contribution in [2.24, 2.45) is 10.9 Å². The van der Waals surface area contributed by atoms with E-state index in [1.54, 1.807) is 13.0 Å². The predicted molar refractivity (Wildman–Crippen MR) is 198 cm³/mol. The van der Waals surface area contributed by atoms with Gasteiger partial charge >= 0.3 is 0 Å². The van der Waals surface area contributed by atoms with E-state index in [0.29, 0.717) is 21.0 Å². The third-order valence-electron chi connectivity index (χ3n) is 9.70. The number of sulfonamides is 1. The van der Waals surface area contributed by atoms with E-state index in [1.165, 1.54) is 24.4 Å². The third kappa shape index (κ3) is 8.19. The van der Waals surface area contributed by atoms with Crippen LogP contribution in [0, 0.1) is 24.5 Å². The third-order valence-corrected chi connectivity index (χ3v) is 10.6. The summed E-state index contributed by atoms with van der Waals surface area (Å²) in [5.41, 5.74) is -2.51. The highest BCUT2D eigenvalue weighted by Gasteiger charge is 2.67. The first-order valence-corrected chi connectivity index (χ1v) is 19.7. The Hall–Kier alpha value is -5.64. The van der Waals surface area contributed by atoms with Gasteiger partial charge in [-0.15, -0.1) is 0 Å². The van der Waals surface area contributed by atoms with Gasteiger partial charge in [0.05, 0.1) is 33.9 Å². The summed E-state index contributed by atoms with van der Waals surface area (Å²) in [5.74, 6) is -10.1. The average molecular weight is 872 g/mol. The zero-order valence-electron chi connectivity index (χ0n) is 30.5. The van der Waals surface area contributed by atoms with Crippen molar-refractivity contribution in [3.8, 4) is 0 Å². The van der Waals surface area contributed by atoms with Gasteiger partial charge in [-0.2, -0.15) is 19.0 Å². The Morgan fingerprint density at radius 1 is 1.10 bits per heavy atom. The Kier molecular flexibility index (Phi) is 10.9. The smallest absolute Gasteiger partial charge is 0.293 e.